The van der Waals surface area contributed by atoms with E-state index in [2.05, 4.69) is 0 Å². The van der Waals surface area contributed by atoms with Gasteiger partial charge in [-0.25, -0.2) is 0 Å². The van der Waals surface area contributed by atoms with Gasteiger partial charge in [-0.2, -0.15) is 0 Å². The first-order chi connectivity index (χ1) is 12.3. The number of rotatable bonds is 5. The largest absolute Gasteiger partial charge is 0.466 e. The van der Waals surface area contributed by atoms with Crippen LogP contribution in [0.25, 0.3) is 21.9 Å². The fraction of sp³-hybridized carbons (Fsp3) is 0.190. The average molecular weight is 334 g/mol. The van der Waals surface area contributed by atoms with Crippen molar-refractivity contribution in [3.63, 3.8) is 0 Å². The Morgan fingerprint density at radius 3 is 1.96 bits per heavy atom. The van der Waals surface area contributed by atoms with Crippen LogP contribution in [0.3, 0.4) is 0 Å². The molecule has 0 saturated heterocycles. The normalized spacial score (nSPS) is 11.4. The van der Waals surface area contributed by atoms with Gasteiger partial charge in [0, 0.05) is 27.8 Å². The van der Waals surface area contributed by atoms with E-state index in [1.807, 2.05) is 55.5 Å². The Morgan fingerprint density at radius 1 is 0.920 bits per heavy atom. The van der Waals surface area contributed by atoms with Crippen LogP contribution in [0.1, 0.15) is 30.4 Å². The van der Waals surface area contributed by atoms with E-state index in [-0.39, 0.29) is 18.3 Å². The van der Waals surface area contributed by atoms with Crippen LogP contribution in [0.4, 0.5) is 0 Å². The van der Waals surface area contributed by atoms with Crippen LogP contribution in [0, 0.1) is 0 Å². The van der Waals surface area contributed by atoms with Crippen LogP contribution in [0.15, 0.2) is 69.9 Å². The van der Waals surface area contributed by atoms with Crippen LogP contribution < -0.4 is 0 Å². The summed E-state index contributed by atoms with van der Waals surface area (Å²) in [6, 6.07) is 15.7. The molecular formula is C21H18O4. The molecule has 4 aromatic rings. The first-order valence-electron chi connectivity index (χ1n) is 8.35. The molecule has 0 aliphatic heterocycles. The van der Waals surface area contributed by atoms with E-state index >= 15 is 0 Å². The molecule has 0 radical (unpaired) electrons. The minimum atomic E-state index is -0.233. The van der Waals surface area contributed by atoms with Crippen molar-refractivity contribution in [1.82, 2.24) is 0 Å². The maximum Gasteiger partial charge on any atom is 0.306 e. The summed E-state index contributed by atoms with van der Waals surface area (Å²) in [6.07, 6.45) is 3.70. The summed E-state index contributed by atoms with van der Waals surface area (Å²) >= 11 is 0. The van der Waals surface area contributed by atoms with Crippen LogP contribution in [0.2, 0.25) is 0 Å². The van der Waals surface area contributed by atoms with Crippen molar-refractivity contribution in [3.8, 4) is 0 Å². The molecule has 0 amide bonds. The maximum absolute atomic E-state index is 12.2. The summed E-state index contributed by atoms with van der Waals surface area (Å²) in [6.45, 7) is 2.18. The molecule has 0 aliphatic rings. The smallest absolute Gasteiger partial charge is 0.306 e. The highest BCUT2D eigenvalue weighted by molar-refractivity contribution is 5.87. The second-order valence-electron chi connectivity index (χ2n) is 5.94. The van der Waals surface area contributed by atoms with E-state index in [0.29, 0.717) is 6.61 Å². The number of ether oxygens (including phenoxy) is 1. The maximum atomic E-state index is 12.2. The molecule has 2 heterocycles. The first-order valence-corrected chi connectivity index (χ1v) is 8.35. The molecule has 4 heteroatoms. The zero-order valence-electron chi connectivity index (χ0n) is 13.9. The molecule has 2 aromatic carbocycles. The molecule has 0 aliphatic carbocycles. The molecule has 126 valence electrons. The second-order valence-corrected chi connectivity index (χ2v) is 5.94. The predicted octanol–water partition coefficient (Wildman–Crippen LogP) is 5.26. The van der Waals surface area contributed by atoms with Crippen LogP contribution in [-0.2, 0) is 9.53 Å². The minimum Gasteiger partial charge on any atom is -0.466 e. The Hall–Kier alpha value is -3.01. The number of hydrogen-bond donors (Lipinski definition) is 0. The Bertz CT molecular complexity index is 950. The molecule has 0 fully saturated rings. The van der Waals surface area contributed by atoms with E-state index in [4.69, 9.17) is 13.6 Å². The SMILES string of the molecule is CCOC(=O)CC(c1coc2ccccc12)c1coc2ccccc12. The predicted molar refractivity (Wildman–Crippen MR) is 95.5 cm³/mol. The van der Waals surface area contributed by atoms with Gasteiger partial charge in [-0.15, -0.1) is 0 Å². The van der Waals surface area contributed by atoms with E-state index in [1.165, 1.54) is 0 Å². The molecule has 0 saturated carbocycles. The number of carbonyl (C=O) groups excluding carboxylic acids is 1. The fourth-order valence-corrected chi connectivity index (χ4v) is 3.31. The van der Waals surface area contributed by atoms with Crippen molar-refractivity contribution >= 4 is 27.9 Å². The van der Waals surface area contributed by atoms with E-state index in [9.17, 15) is 4.79 Å². The summed E-state index contributed by atoms with van der Waals surface area (Å²) in [5, 5.41) is 2.00. The molecule has 4 rings (SSSR count). The first kappa shape index (κ1) is 15.5. The summed E-state index contributed by atoms with van der Waals surface area (Å²) < 4.78 is 16.6. The topological polar surface area (TPSA) is 52.6 Å². The minimum absolute atomic E-state index is 0.189. The average Bonchev–Trinajstić information content (AvgIpc) is 3.24. The monoisotopic (exact) mass is 334 g/mol. The van der Waals surface area contributed by atoms with Gasteiger partial charge in [-0.05, 0) is 19.1 Å². The van der Waals surface area contributed by atoms with E-state index < -0.39 is 0 Å². The molecule has 0 spiro atoms. The lowest BCUT2D eigenvalue weighted by atomic mass is 9.88. The number of esters is 1. The Balaban J connectivity index is 1.86. The quantitative estimate of drug-likeness (QED) is 0.467. The van der Waals surface area contributed by atoms with Crippen molar-refractivity contribution in [2.24, 2.45) is 0 Å². The number of hydrogen-bond acceptors (Lipinski definition) is 4. The number of para-hydroxylation sites is 2. The highest BCUT2D eigenvalue weighted by Gasteiger charge is 2.26. The number of furan rings is 2. The molecule has 4 nitrogen and oxygen atoms in total. The Morgan fingerprint density at radius 2 is 1.44 bits per heavy atom. The molecule has 0 atom stereocenters. The third-order valence-corrected chi connectivity index (χ3v) is 4.45. The summed E-state index contributed by atoms with van der Waals surface area (Å²) in [5.41, 5.74) is 3.55. The molecule has 0 N–H and O–H groups in total. The Labute approximate surface area is 145 Å². The number of fused-ring (bicyclic) bond motifs is 2. The van der Waals surface area contributed by atoms with Gasteiger partial charge in [-0.1, -0.05) is 36.4 Å². The molecule has 0 unspecified atom stereocenters. The van der Waals surface area contributed by atoms with Crippen LogP contribution in [-0.4, -0.2) is 12.6 Å². The highest BCUT2D eigenvalue weighted by atomic mass is 16.5. The van der Waals surface area contributed by atoms with Gasteiger partial charge in [0.25, 0.3) is 0 Å². The van der Waals surface area contributed by atoms with E-state index in [1.54, 1.807) is 12.5 Å². The summed E-state index contributed by atoms with van der Waals surface area (Å²) in [7, 11) is 0. The van der Waals surface area contributed by atoms with Gasteiger partial charge in [-0.3, -0.25) is 4.79 Å². The standard InChI is InChI=1S/C21H18O4/c1-2-23-21(22)11-16(17-12-24-19-9-5-3-7-14(17)19)18-13-25-20-10-6-4-8-15(18)20/h3-10,12-13,16H,2,11H2,1H3. The van der Waals surface area contributed by atoms with Gasteiger partial charge in [0.2, 0.25) is 0 Å². The lowest BCUT2D eigenvalue weighted by Gasteiger charge is -2.14. The molecular weight excluding hydrogens is 316 g/mol. The van der Waals surface area contributed by atoms with Gasteiger partial charge in [0.05, 0.1) is 25.6 Å². The zero-order valence-corrected chi connectivity index (χ0v) is 13.9. The number of carbonyl (C=O) groups is 1. The van der Waals surface area contributed by atoms with Gasteiger partial charge in [0.15, 0.2) is 0 Å². The molecule has 25 heavy (non-hydrogen) atoms. The third-order valence-electron chi connectivity index (χ3n) is 4.45. The lowest BCUT2D eigenvalue weighted by molar-refractivity contribution is -0.143. The van der Waals surface area contributed by atoms with Crippen LogP contribution in [0.5, 0.6) is 0 Å². The molecule has 2 aromatic heterocycles. The van der Waals surface area contributed by atoms with Crippen molar-refractivity contribution < 1.29 is 18.4 Å². The zero-order chi connectivity index (χ0) is 17.2. The summed E-state index contributed by atoms with van der Waals surface area (Å²) in [5.74, 6) is -0.422. The van der Waals surface area contributed by atoms with Crippen molar-refractivity contribution in [2.45, 2.75) is 19.3 Å². The van der Waals surface area contributed by atoms with E-state index in [0.717, 1.165) is 33.1 Å². The van der Waals surface area contributed by atoms with Crippen molar-refractivity contribution in [3.05, 3.63) is 72.2 Å². The van der Waals surface area contributed by atoms with Crippen LogP contribution >= 0.6 is 0 Å². The molecule has 0 bridgehead atoms. The lowest BCUT2D eigenvalue weighted by Crippen LogP contribution is -2.11. The number of benzene rings is 2. The van der Waals surface area contributed by atoms with Gasteiger partial charge < -0.3 is 13.6 Å². The Kier molecular flexibility index (Phi) is 4.02. The van der Waals surface area contributed by atoms with Gasteiger partial charge in [0.1, 0.15) is 11.2 Å². The second kappa shape index (κ2) is 6.48. The summed E-state index contributed by atoms with van der Waals surface area (Å²) in [4.78, 5) is 12.2. The fourth-order valence-electron chi connectivity index (χ4n) is 3.31. The van der Waals surface area contributed by atoms with Crippen molar-refractivity contribution in [1.29, 1.82) is 0 Å². The third kappa shape index (κ3) is 2.80. The highest BCUT2D eigenvalue weighted by Crippen LogP contribution is 2.38. The van der Waals surface area contributed by atoms with Crippen molar-refractivity contribution in [2.75, 3.05) is 6.61 Å². The van der Waals surface area contributed by atoms with Gasteiger partial charge >= 0.3 is 5.97 Å².